The molecule has 0 bridgehead atoms. The van der Waals surface area contributed by atoms with E-state index in [1.54, 1.807) is 30.5 Å². The Kier molecular flexibility index (Phi) is 4.99. The van der Waals surface area contributed by atoms with E-state index in [-0.39, 0.29) is 12.0 Å². The van der Waals surface area contributed by atoms with Crippen LogP contribution in [0.4, 0.5) is 5.69 Å². The average molecular weight is 387 g/mol. The Morgan fingerprint density at radius 1 is 1.10 bits per heavy atom. The van der Waals surface area contributed by atoms with Crippen LogP contribution in [-0.2, 0) is 0 Å². The topological polar surface area (TPSA) is 77.3 Å². The lowest BCUT2D eigenvalue weighted by atomic mass is 10.1. The molecular formula is C23H21N3O3. The second-order valence-electron chi connectivity index (χ2n) is 7.02. The van der Waals surface area contributed by atoms with Gasteiger partial charge in [0.05, 0.1) is 6.10 Å². The van der Waals surface area contributed by atoms with Crippen LogP contribution in [0.5, 0.6) is 5.75 Å². The monoisotopic (exact) mass is 387 g/mol. The molecule has 0 atom stereocenters. The van der Waals surface area contributed by atoms with Crippen LogP contribution in [0.1, 0.15) is 29.8 Å². The summed E-state index contributed by atoms with van der Waals surface area (Å²) >= 11 is 0. The summed E-state index contributed by atoms with van der Waals surface area (Å²) in [6.45, 7) is 5.86. The first-order valence-electron chi connectivity index (χ1n) is 9.40. The van der Waals surface area contributed by atoms with Gasteiger partial charge in [0.2, 0.25) is 5.89 Å². The van der Waals surface area contributed by atoms with E-state index in [2.05, 4.69) is 15.3 Å². The Bertz CT molecular complexity index is 1130. The number of oxazole rings is 1. The highest BCUT2D eigenvalue weighted by Gasteiger charge is 2.12. The maximum atomic E-state index is 12.6. The fourth-order valence-corrected chi connectivity index (χ4v) is 2.98. The highest BCUT2D eigenvalue weighted by molar-refractivity contribution is 6.04. The van der Waals surface area contributed by atoms with Crippen LogP contribution in [0.2, 0.25) is 0 Å². The van der Waals surface area contributed by atoms with Gasteiger partial charge in [-0.25, -0.2) is 4.98 Å². The average Bonchev–Trinajstić information content (AvgIpc) is 3.14. The molecule has 4 aromatic rings. The van der Waals surface area contributed by atoms with Crippen LogP contribution in [-0.4, -0.2) is 22.0 Å². The molecule has 2 aromatic carbocycles. The number of nitrogens with zero attached hydrogens (tertiary/aromatic N) is 2. The van der Waals surface area contributed by atoms with Crippen LogP contribution in [0.25, 0.3) is 22.7 Å². The van der Waals surface area contributed by atoms with E-state index in [0.717, 1.165) is 22.6 Å². The number of pyridine rings is 1. The summed E-state index contributed by atoms with van der Waals surface area (Å²) in [6, 6.07) is 16.4. The van der Waals surface area contributed by atoms with Gasteiger partial charge >= 0.3 is 0 Å². The molecule has 0 saturated carbocycles. The van der Waals surface area contributed by atoms with Crippen molar-refractivity contribution in [2.75, 3.05) is 5.32 Å². The number of amides is 1. The zero-order valence-corrected chi connectivity index (χ0v) is 16.5. The number of ether oxygens (including phenoxy) is 1. The summed E-state index contributed by atoms with van der Waals surface area (Å²) in [6.07, 6.45) is 1.77. The number of carbonyl (C=O) groups excluding carboxylic acids is 1. The molecule has 0 aliphatic heterocycles. The number of rotatable bonds is 5. The lowest BCUT2D eigenvalue weighted by molar-refractivity contribution is 0.102. The summed E-state index contributed by atoms with van der Waals surface area (Å²) in [5.74, 6) is 1.06. The van der Waals surface area contributed by atoms with Gasteiger partial charge in [-0.2, -0.15) is 4.98 Å². The Labute approximate surface area is 168 Å². The number of anilines is 1. The van der Waals surface area contributed by atoms with Crippen LogP contribution in [0, 0.1) is 6.92 Å². The molecule has 146 valence electrons. The first kappa shape index (κ1) is 18.7. The predicted molar refractivity (Wildman–Crippen MR) is 112 cm³/mol. The Hall–Kier alpha value is -3.67. The third kappa shape index (κ3) is 4.11. The van der Waals surface area contributed by atoms with E-state index >= 15 is 0 Å². The van der Waals surface area contributed by atoms with Crippen molar-refractivity contribution in [2.24, 2.45) is 0 Å². The third-order valence-corrected chi connectivity index (χ3v) is 4.37. The van der Waals surface area contributed by atoms with Gasteiger partial charge in [0.1, 0.15) is 5.75 Å². The number of aromatic nitrogens is 2. The number of aryl methyl sites for hydroxylation is 1. The quantitative estimate of drug-likeness (QED) is 0.507. The molecule has 0 fully saturated rings. The maximum Gasteiger partial charge on any atom is 0.255 e. The van der Waals surface area contributed by atoms with E-state index in [0.29, 0.717) is 22.7 Å². The largest absolute Gasteiger partial charge is 0.491 e. The molecule has 2 heterocycles. The first-order valence-corrected chi connectivity index (χ1v) is 9.40. The first-order chi connectivity index (χ1) is 14.0. The normalized spacial score (nSPS) is 11.0. The molecule has 0 aliphatic carbocycles. The minimum Gasteiger partial charge on any atom is -0.491 e. The van der Waals surface area contributed by atoms with E-state index in [4.69, 9.17) is 9.15 Å². The van der Waals surface area contributed by atoms with Gasteiger partial charge in [-0.15, -0.1) is 0 Å². The van der Waals surface area contributed by atoms with Gasteiger partial charge in [-0.3, -0.25) is 4.79 Å². The standard InChI is InChI=1S/C23H21N3O3/c1-14(2)28-18-9-6-16(7-10-18)22(27)25-19-11-8-17(13-15(19)3)23-26-21-20(29-23)5-4-12-24-21/h4-14H,1-3H3,(H,25,27). The molecule has 29 heavy (non-hydrogen) atoms. The van der Waals surface area contributed by atoms with Crippen molar-refractivity contribution >= 4 is 22.8 Å². The van der Waals surface area contributed by atoms with Gasteiger partial charge < -0.3 is 14.5 Å². The van der Waals surface area contributed by atoms with Crippen molar-refractivity contribution in [2.45, 2.75) is 26.9 Å². The maximum absolute atomic E-state index is 12.6. The Balaban J connectivity index is 1.51. The van der Waals surface area contributed by atoms with Crippen molar-refractivity contribution in [3.05, 3.63) is 71.9 Å². The lowest BCUT2D eigenvalue weighted by Gasteiger charge is -2.11. The molecule has 1 N–H and O–H groups in total. The summed E-state index contributed by atoms with van der Waals surface area (Å²) in [7, 11) is 0. The van der Waals surface area contributed by atoms with Crippen LogP contribution >= 0.6 is 0 Å². The Morgan fingerprint density at radius 2 is 1.90 bits per heavy atom. The number of fused-ring (bicyclic) bond motifs is 1. The number of carbonyl (C=O) groups is 1. The molecule has 6 heteroatoms. The second-order valence-corrected chi connectivity index (χ2v) is 7.02. The minimum absolute atomic E-state index is 0.0906. The van der Waals surface area contributed by atoms with Gasteiger partial charge in [-0.05, 0) is 80.9 Å². The van der Waals surface area contributed by atoms with Gasteiger partial charge in [0, 0.05) is 23.0 Å². The fraction of sp³-hybridized carbons (Fsp3) is 0.174. The van der Waals surface area contributed by atoms with Crippen molar-refractivity contribution in [3.8, 4) is 17.2 Å². The second kappa shape index (κ2) is 7.75. The summed E-state index contributed by atoms with van der Waals surface area (Å²) in [5, 5.41) is 2.95. The number of nitrogens with one attached hydrogen (secondary N) is 1. The van der Waals surface area contributed by atoms with E-state index in [1.807, 2.05) is 51.1 Å². The number of hydrogen-bond donors (Lipinski definition) is 1. The van der Waals surface area contributed by atoms with Crippen LogP contribution in [0.15, 0.2) is 65.2 Å². The van der Waals surface area contributed by atoms with Crippen molar-refractivity contribution in [3.63, 3.8) is 0 Å². The van der Waals surface area contributed by atoms with Crippen LogP contribution in [0.3, 0.4) is 0 Å². The zero-order valence-electron chi connectivity index (χ0n) is 16.5. The minimum atomic E-state index is -0.178. The molecular weight excluding hydrogens is 366 g/mol. The summed E-state index contributed by atoms with van der Waals surface area (Å²) in [5.41, 5.74) is 4.24. The SMILES string of the molecule is Cc1cc(-c2nc3ncccc3o2)ccc1NC(=O)c1ccc(OC(C)C)cc1. The molecule has 4 rings (SSSR count). The summed E-state index contributed by atoms with van der Waals surface area (Å²) in [4.78, 5) is 21.2. The molecule has 2 aromatic heterocycles. The van der Waals surface area contributed by atoms with Crippen molar-refractivity contribution in [1.29, 1.82) is 0 Å². The molecule has 0 aliphatic rings. The zero-order chi connectivity index (χ0) is 20.4. The van der Waals surface area contributed by atoms with Crippen molar-refractivity contribution in [1.82, 2.24) is 9.97 Å². The van der Waals surface area contributed by atoms with Gasteiger partial charge in [0.25, 0.3) is 5.91 Å². The predicted octanol–water partition coefficient (Wildman–Crippen LogP) is 5.24. The molecule has 0 unspecified atom stereocenters. The van der Waals surface area contributed by atoms with Crippen LogP contribution < -0.4 is 10.1 Å². The molecule has 6 nitrogen and oxygen atoms in total. The van der Waals surface area contributed by atoms with E-state index < -0.39 is 0 Å². The summed E-state index contributed by atoms with van der Waals surface area (Å²) < 4.78 is 11.4. The molecule has 0 spiro atoms. The Morgan fingerprint density at radius 3 is 2.59 bits per heavy atom. The highest BCUT2D eigenvalue weighted by Crippen LogP contribution is 2.27. The third-order valence-electron chi connectivity index (χ3n) is 4.37. The highest BCUT2D eigenvalue weighted by atomic mass is 16.5. The number of hydrogen-bond acceptors (Lipinski definition) is 5. The lowest BCUT2D eigenvalue weighted by Crippen LogP contribution is -2.13. The molecule has 0 saturated heterocycles. The number of benzene rings is 2. The van der Waals surface area contributed by atoms with Gasteiger partial charge in [0.15, 0.2) is 11.2 Å². The van der Waals surface area contributed by atoms with Crippen molar-refractivity contribution < 1.29 is 13.9 Å². The fourth-order valence-electron chi connectivity index (χ4n) is 2.98. The van der Waals surface area contributed by atoms with Gasteiger partial charge in [-0.1, -0.05) is 0 Å². The van der Waals surface area contributed by atoms with E-state index in [1.165, 1.54) is 0 Å². The molecule has 0 radical (unpaired) electrons. The smallest absolute Gasteiger partial charge is 0.255 e. The van der Waals surface area contributed by atoms with E-state index in [9.17, 15) is 4.79 Å². The molecule has 1 amide bonds.